The second-order valence-corrected chi connectivity index (χ2v) is 4.10. The van der Waals surface area contributed by atoms with Gasteiger partial charge in [0.1, 0.15) is 0 Å². The van der Waals surface area contributed by atoms with Crippen molar-refractivity contribution in [2.45, 2.75) is 25.6 Å². The van der Waals surface area contributed by atoms with Crippen LogP contribution in [0.5, 0.6) is 0 Å². The monoisotopic (exact) mass is 280 g/mol. The van der Waals surface area contributed by atoms with Gasteiger partial charge >= 0.3 is 6.18 Å². The van der Waals surface area contributed by atoms with E-state index in [-0.39, 0.29) is 10.7 Å². The zero-order chi connectivity index (χ0) is 13.9. The number of halogens is 4. The van der Waals surface area contributed by atoms with Crippen molar-refractivity contribution >= 4 is 23.2 Å². The van der Waals surface area contributed by atoms with E-state index < -0.39 is 23.7 Å². The molecule has 0 fully saturated rings. The average Bonchev–Trinajstić information content (AvgIpc) is 2.29. The lowest BCUT2D eigenvalue weighted by molar-refractivity contribution is -0.137. The molecule has 0 unspecified atom stereocenters. The number of hydrogen-bond donors (Lipinski definition) is 2. The van der Waals surface area contributed by atoms with Crippen LogP contribution in [0.4, 0.5) is 18.9 Å². The molecule has 0 aliphatic rings. The Bertz CT molecular complexity index is 448. The van der Waals surface area contributed by atoms with Gasteiger partial charge in [-0.25, -0.2) is 0 Å². The van der Waals surface area contributed by atoms with E-state index >= 15 is 0 Å². The Morgan fingerprint density at radius 3 is 2.61 bits per heavy atom. The van der Waals surface area contributed by atoms with Crippen LogP contribution in [0.1, 0.15) is 18.9 Å². The first-order valence-corrected chi connectivity index (χ1v) is 5.56. The van der Waals surface area contributed by atoms with Crippen LogP contribution in [0.3, 0.4) is 0 Å². The van der Waals surface area contributed by atoms with Crippen LogP contribution >= 0.6 is 11.6 Å². The Morgan fingerprint density at radius 1 is 1.50 bits per heavy atom. The van der Waals surface area contributed by atoms with E-state index in [1.54, 1.807) is 6.92 Å². The maximum absolute atomic E-state index is 12.5. The summed E-state index contributed by atoms with van der Waals surface area (Å²) in [5, 5.41) is 2.30. The van der Waals surface area contributed by atoms with Crippen LogP contribution in [0.25, 0.3) is 0 Å². The van der Waals surface area contributed by atoms with E-state index in [1.165, 1.54) is 0 Å². The summed E-state index contributed by atoms with van der Waals surface area (Å²) in [6.45, 7) is 1.69. The van der Waals surface area contributed by atoms with Crippen LogP contribution in [-0.2, 0) is 11.0 Å². The minimum Gasteiger partial charge on any atom is -0.323 e. The highest BCUT2D eigenvalue weighted by molar-refractivity contribution is 6.33. The van der Waals surface area contributed by atoms with Crippen LogP contribution in [-0.4, -0.2) is 11.9 Å². The van der Waals surface area contributed by atoms with Gasteiger partial charge < -0.3 is 11.1 Å². The van der Waals surface area contributed by atoms with Gasteiger partial charge in [-0.05, 0) is 24.6 Å². The molecule has 1 aromatic rings. The lowest BCUT2D eigenvalue weighted by atomic mass is 10.1. The molecule has 100 valence electrons. The topological polar surface area (TPSA) is 55.1 Å². The Labute approximate surface area is 107 Å². The van der Waals surface area contributed by atoms with Gasteiger partial charge in [0.15, 0.2) is 0 Å². The summed E-state index contributed by atoms with van der Waals surface area (Å²) in [4.78, 5) is 11.5. The molecule has 1 amide bonds. The fourth-order valence-electron chi connectivity index (χ4n) is 1.21. The summed E-state index contributed by atoms with van der Waals surface area (Å²) < 4.78 is 37.4. The number of hydrogen-bond acceptors (Lipinski definition) is 2. The first-order valence-electron chi connectivity index (χ1n) is 5.19. The molecule has 0 aromatic heterocycles. The summed E-state index contributed by atoms with van der Waals surface area (Å²) >= 11 is 5.72. The summed E-state index contributed by atoms with van der Waals surface area (Å²) in [6.07, 6.45) is -4.11. The van der Waals surface area contributed by atoms with Crippen LogP contribution in [0, 0.1) is 0 Å². The zero-order valence-electron chi connectivity index (χ0n) is 9.51. The molecule has 1 atom stereocenters. The molecule has 0 heterocycles. The highest BCUT2D eigenvalue weighted by Gasteiger charge is 2.31. The second-order valence-electron chi connectivity index (χ2n) is 3.70. The van der Waals surface area contributed by atoms with Gasteiger partial charge in [-0.1, -0.05) is 18.5 Å². The van der Waals surface area contributed by atoms with Crippen molar-refractivity contribution in [2.24, 2.45) is 5.73 Å². The predicted molar refractivity (Wildman–Crippen MR) is 63.4 cm³/mol. The quantitative estimate of drug-likeness (QED) is 0.894. The van der Waals surface area contributed by atoms with Crippen LogP contribution in [0.15, 0.2) is 18.2 Å². The summed E-state index contributed by atoms with van der Waals surface area (Å²) in [6, 6.07) is 1.92. The minimum atomic E-state index is -4.49. The maximum atomic E-state index is 12.5. The number of benzene rings is 1. The molecule has 0 bridgehead atoms. The fraction of sp³-hybridized carbons (Fsp3) is 0.364. The first-order chi connectivity index (χ1) is 8.25. The van der Waals surface area contributed by atoms with Crippen molar-refractivity contribution in [3.05, 3.63) is 28.8 Å². The number of carbonyl (C=O) groups is 1. The Kier molecular flexibility index (Phi) is 4.59. The van der Waals surface area contributed by atoms with Crippen molar-refractivity contribution in [3.8, 4) is 0 Å². The normalized spacial score (nSPS) is 13.2. The highest BCUT2D eigenvalue weighted by atomic mass is 35.5. The first kappa shape index (κ1) is 14.8. The van der Waals surface area contributed by atoms with E-state index in [1.807, 2.05) is 0 Å². The van der Waals surface area contributed by atoms with Gasteiger partial charge in [0.05, 0.1) is 22.3 Å². The molecule has 18 heavy (non-hydrogen) atoms. The summed E-state index contributed by atoms with van der Waals surface area (Å²) in [5.41, 5.74) is 4.48. The van der Waals surface area contributed by atoms with E-state index in [0.29, 0.717) is 6.42 Å². The van der Waals surface area contributed by atoms with Gasteiger partial charge in [-0.15, -0.1) is 0 Å². The van der Waals surface area contributed by atoms with Gasteiger partial charge in [0.2, 0.25) is 5.91 Å². The maximum Gasteiger partial charge on any atom is 0.416 e. The Morgan fingerprint density at radius 2 is 2.11 bits per heavy atom. The lowest BCUT2D eigenvalue weighted by Crippen LogP contribution is -2.34. The largest absolute Gasteiger partial charge is 0.416 e. The predicted octanol–water partition coefficient (Wildman–Crippen LogP) is 3.03. The van der Waals surface area contributed by atoms with Gasteiger partial charge in [-0.2, -0.15) is 13.2 Å². The van der Waals surface area contributed by atoms with E-state index in [2.05, 4.69) is 5.32 Å². The molecule has 0 saturated heterocycles. The van der Waals surface area contributed by atoms with E-state index in [9.17, 15) is 18.0 Å². The van der Waals surface area contributed by atoms with Crippen LogP contribution in [0.2, 0.25) is 5.02 Å². The van der Waals surface area contributed by atoms with Crippen molar-refractivity contribution in [1.82, 2.24) is 0 Å². The third kappa shape index (κ3) is 3.61. The molecular formula is C11H12ClF3N2O. The molecule has 7 heteroatoms. The number of nitrogens with one attached hydrogen (secondary N) is 1. The molecular weight excluding hydrogens is 269 g/mol. The third-order valence-corrected chi connectivity index (χ3v) is 2.66. The molecule has 1 rings (SSSR count). The van der Waals surface area contributed by atoms with Gasteiger partial charge in [0.25, 0.3) is 0 Å². The van der Waals surface area contributed by atoms with Gasteiger partial charge in [0, 0.05) is 0 Å². The molecule has 0 saturated carbocycles. The van der Waals surface area contributed by atoms with Crippen molar-refractivity contribution in [3.63, 3.8) is 0 Å². The van der Waals surface area contributed by atoms with Crippen molar-refractivity contribution < 1.29 is 18.0 Å². The molecule has 1 aromatic carbocycles. The van der Waals surface area contributed by atoms with E-state index in [4.69, 9.17) is 17.3 Å². The molecule has 3 N–H and O–H groups in total. The van der Waals surface area contributed by atoms with Crippen molar-refractivity contribution in [2.75, 3.05) is 5.32 Å². The fourth-order valence-corrected chi connectivity index (χ4v) is 1.37. The SMILES string of the molecule is CC[C@@H](N)C(=O)Nc1cc(C(F)(F)F)ccc1Cl. The third-order valence-electron chi connectivity index (χ3n) is 2.33. The molecule has 0 aliphatic heterocycles. The number of amides is 1. The second kappa shape index (κ2) is 5.58. The lowest BCUT2D eigenvalue weighted by Gasteiger charge is -2.13. The van der Waals surface area contributed by atoms with Crippen molar-refractivity contribution in [1.29, 1.82) is 0 Å². The number of rotatable bonds is 3. The van der Waals surface area contributed by atoms with E-state index in [0.717, 1.165) is 18.2 Å². The molecule has 0 spiro atoms. The molecule has 0 radical (unpaired) electrons. The highest BCUT2D eigenvalue weighted by Crippen LogP contribution is 2.33. The number of anilines is 1. The zero-order valence-corrected chi connectivity index (χ0v) is 10.3. The number of nitrogens with two attached hydrogens (primary N) is 1. The smallest absolute Gasteiger partial charge is 0.323 e. The average molecular weight is 281 g/mol. The Balaban J connectivity index is 2.99. The summed E-state index contributed by atoms with van der Waals surface area (Å²) in [5.74, 6) is -0.571. The van der Waals surface area contributed by atoms with Crippen LogP contribution < -0.4 is 11.1 Å². The number of carbonyl (C=O) groups excluding carboxylic acids is 1. The number of alkyl halides is 3. The molecule has 3 nitrogen and oxygen atoms in total. The summed E-state index contributed by atoms with van der Waals surface area (Å²) in [7, 11) is 0. The van der Waals surface area contributed by atoms with Gasteiger partial charge in [-0.3, -0.25) is 4.79 Å². The Hall–Kier alpha value is -1.27. The minimum absolute atomic E-state index is 0.0275. The standard InChI is InChI=1S/C11H12ClF3N2O/c1-2-8(16)10(18)17-9-5-6(11(13,14)15)3-4-7(9)12/h3-5,8H,2,16H2,1H3,(H,17,18)/t8-/m1/s1. The molecule has 0 aliphatic carbocycles.